The van der Waals surface area contributed by atoms with Gasteiger partial charge in [0.05, 0.1) is 0 Å². The summed E-state index contributed by atoms with van der Waals surface area (Å²) >= 11 is 1.95. The molecule has 0 radical (unpaired) electrons. The normalized spacial score (nSPS) is 31.6. The maximum atomic E-state index is 12.0. The Kier molecular flexibility index (Phi) is 4.28. The average Bonchev–Trinajstić information content (AvgIpc) is 2.10. The smallest absolute Gasteiger partial charge is 0.137 e. The van der Waals surface area contributed by atoms with E-state index in [9.17, 15) is 4.79 Å². The molecule has 0 aromatic heterocycles. The molecule has 1 fully saturated rings. The highest BCUT2D eigenvalue weighted by Crippen LogP contribution is 2.41. The summed E-state index contributed by atoms with van der Waals surface area (Å²) in [6.07, 6.45) is 1.82. The molecule has 0 heterocycles. The monoisotopic (exact) mass is 240 g/mol. The standard InChI is InChI=1S/C14H24OS/c1-9(2)11-7-12(15)10(3)13(8-11)16-14(4,5)6/h10-11,13H,1,7-8H2,2-6H3/t10-,11+,13+/m1/s1. The Hall–Kier alpha value is -0.240. The molecule has 0 saturated heterocycles. The van der Waals surface area contributed by atoms with Crippen LogP contribution in [0.5, 0.6) is 0 Å². The summed E-state index contributed by atoms with van der Waals surface area (Å²) in [6, 6.07) is 0. The predicted molar refractivity (Wildman–Crippen MR) is 72.8 cm³/mol. The number of Topliss-reactive ketones (excluding diaryl/α,β-unsaturated/α-hetero) is 1. The first-order valence-electron chi connectivity index (χ1n) is 6.06. The molecule has 0 unspecified atom stereocenters. The van der Waals surface area contributed by atoms with Gasteiger partial charge in [-0.3, -0.25) is 4.79 Å². The van der Waals surface area contributed by atoms with Crippen molar-refractivity contribution in [3.63, 3.8) is 0 Å². The largest absolute Gasteiger partial charge is 0.299 e. The van der Waals surface area contributed by atoms with E-state index in [0.717, 1.165) is 6.42 Å². The van der Waals surface area contributed by atoms with Gasteiger partial charge >= 0.3 is 0 Å². The Morgan fingerprint density at radius 2 is 2.00 bits per heavy atom. The quantitative estimate of drug-likeness (QED) is 0.677. The van der Waals surface area contributed by atoms with Gasteiger partial charge < -0.3 is 0 Å². The van der Waals surface area contributed by atoms with Crippen LogP contribution in [0.25, 0.3) is 0 Å². The lowest BCUT2D eigenvalue weighted by atomic mass is 9.79. The molecule has 0 amide bonds. The summed E-state index contributed by atoms with van der Waals surface area (Å²) in [5.41, 5.74) is 1.17. The average molecular weight is 240 g/mol. The minimum Gasteiger partial charge on any atom is -0.299 e. The van der Waals surface area contributed by atoms with Gasteiger partial charge in [-0.25, -0.2) is 0 Å². The SMILES string of the molecule is C=C(C)[C@H]1CC(=O)[C@@H](C)[C@@H](SC(C)(C)C)C1. The molecule has 0 aromatic carbocycles. The third-order valence-corrected chi connectivity index (χ3v) is 4.84. The van der Waals surface area contributed by atoms with Crippen molar-refractivity contribution in [2.75, 3.05) is 0 Å². The van der Waals surface area contributed by atoms with Crippen molar-refractivity contribution in [3.05, 3.63) is 12.2 Å². The fraction of sp³-hybridized carbons (Fsp3) is 0.786. The van der Waals surface area contributed by atoms with Crippen LogP contribution in [-0.4, -0.2) is 15.8 Å². The molecule has 3 atom stereocenters. The second-order valence-electron chi connectivity index (χ2n) is 6.01. The van der Waals surface area contributed by atoms with Gasteiger partial charge in [-0.2, -0.15) is 11.8 Å². The molecule has 0 aromatic rings. The second kappa shape index (κ2) is 4.95. The van der Waals surface area contributed by atoms with Gasteiger partial charge in [0.1, 0.15) is 5.78 Å². The van der Waals surface area contributed by atoms with Crippen molar-refractivity contribution in [3.8, 4) is 0 Å². The number of carbonyl (C=O) groups is 1. The molecular formula is C14H24OS. The number of hydrogen-bond acceptors (Lipinski definition) is 2. The summed E-state index contributed by atoms with van der Waals surface area (Å²) < 4.78 is 0.232. The number of hydrogen-bond donors (Lipinski definition) is 0. The number of rotatable bonds is 2. The van der Waals surface area contributed by atoms with E-state index in [1.165, 1.54) is 5.57 Å². The minimum atomic E-state index is 0.208. The van der Waals surface area contributed by atoms with Gasteiger partial charge in [-0.05, 0) is 19.3 Å². The Morgan fingerprint density at radius 1 is 1.44 bits per heavy atom. The van der Waals surface area contributed by atoms with Crippen molar-refractivity contribution in [2.45, 2.75) is 57.5 Å². The van der Waals surface area contributed by atoms with Gasteiger partial charge in [-0.15, -0.1) is 0 Å². The van der Waals surface area contributed by atoms with E-state index in [1.807, 2.05) is 18.7 Å². The molecule has 92 valence electrons. The van der Waals surface area contributed by atoms with Crippen LogP contribution in [0.1, 0.15) is 47.5 Å². The molecule has 2 heteroatoms. The summed E-state index contributed by atoms with van der Waals surface area (Å²) in [6.45, 7) is 14.8. The number of allylic oxidation sites excluding steroid dienone is 1. The zero-order chi connectivity index (χ0) is 12.5. The molecular weight excluding hydrogens is 216 g/mol. The first-order valence-corrected chi connectivity index (χ1v) is 6.94. The van der Waals surface area contributed by atoms with Crippen molar-refractivity contribution in [1.82, 2.24) is 0 Å². The lowest BCUT2D eigenvalue weighted by Gasteiger charge is -2.36. The molecule has 1 rings (SSSR count). The second-order valence-corrected chi connectivity index (χ2v) is 8.07. The lowest BCUT2D eigenvalue weighted by Crippen LogP contribution is -2.35. The van der Waals surface area contributed by atoms with Crippen molar-refractivity contribution in [1.29, 1.82) is 0 Å². The van der Waals surface area contributed by atoms with Crippen LogP contribution in [0.3, 0.4) is 0 Å². The van der Waals surface area contributed by atoms with Gasteiger partial charge in [0.15, 0.2) is 0 Å². The van der Waals surface area contributed by atoms with Gasteiger partial charge in [0.25, 0.3) is 0 Å². The molecule has 16 heavy (non-hydrogen) atoms. The molecule has 0 N–H and O–H groups in total. The molecule has 1 aliphatic rings. The van der Waals surface area contributed by atoms with Crippen LogP contribution in [0.2, 0.25) is 0 Å². The zero-order valence-corrected chi connectivity index (χ0v) is 12.0. The maximum Gasteiger partial charge on any atom is 0.137 e. The van der Waals surface area contributed by atoms with Crippen LogP contribution in [0.4, 0.5) is 0 Å². The summed E-state index contributed by atoms with van der Waals surface area (Å²) in [7, 11) is 0. The van der Waals surface area contributed by atoms with E-state index in [-0.39, 0.29) is 10.7 Å². The highest BCUT2D eigenvalue weighted by atomic mass is 32.2. The summed E-state index contributed by atoms with van der Waals surface area (Å²) in [4.78, 5) is 12.0. The fourth-order valence-corrected chi connectivity index (χ4v) is 3.78. The van der Waals surface area contributed by atoms with Crippen LogP contribution in [-0.2, 0) is 4.79 Å². The van der Waals surface area contributed by atoms with Crippen molar-refractivity contribution in [2.24, 2.45) is 11.8 Å². The van der Waals surface area contributed by atoms with Crippen LogP contribution in [0, 0.1) is 11.8 Å². The highest BCUT2D eigenvalue weighted by Gasteiger charge is 2.36. The number of thioether (sulfide) groups is 1. The van der Waals surface area contributed by atoms with E-state index in [0.29, 0.717) is 23.4 Å². The Balaban J connectivity index is 2.74. The third kappa shape index (κ3) is 3.65. The topological polar surface area (TPSA) is 17.1 Å². The van der Waals surface area contributed by atoms with Gasteiger partial charge in [-0.1, -0.05) is 39.8 Å². The third-order valence-electron chi connectivity index (χ3n) is 3.23. The fourth-order valence-electron chi connectivity index (χ4n) is 2.18. The van der Waals surface area contributed by atoms with E-state index < -0.39 is 0 Å². The molecule has 1 aliphatic carbocycles. The van der Waals surface area contributed by atoms with Crippen LogP contribution in [0.15, 0.2) is 12.2 Å². The molecule has 1 saturated carbocycles. The Bertz CT molecular complexity index is 288. The summed E-state index contributed by atoms with van der Waals surface area (Å²) in [5.74, 6) is 1.03. The van der Waals surface area contributed by atoms with E-state index in [4.69, 9.17) is 0 Å². The van der Waals surface area contributed by atoms with Gasteiger partial charge in [0, 0.05) is 22.3 Å². The number of ketones is 1. The van der Waals surface area contributed by atoms with Crippen molar-refractivity contribution < 1.29 is 4.79 Å². The van der Waals surface area contributed by atoms with E-state index in [2.05, 4.69) is 34.3 Å². The maximum absolute atomic E-state index is 12.0. The summed E-state index contributed by atoms with van der Waals surface area (Å²) in [5, 5.41) is 0.461. The zero-order valence-electron chi connectivity index (χ0n) is 11.2. The lowest BCUT2D eigenvalue weighted by molar-refractivity contribution is -0.124. The van der Waals surface area contributed by atoms with Crippen LogP contribution >= 0.6 is 11.8 Å². The number of carbonyl (C=O) groups excluding carboxylic acids is 1. The molecule has 0 bridgehead atoms. The first kappa shape index (κ1) is 13.8. The first-order chi connectivity index (χ1) is 7.20. The van der Waals surface area contributed by atoms with Crippen LogP contribution < -0.4 is 0 Å². The molecule has 1 nitrogen and oxygen atoms in total. The van der Waals surface area contributed by atoms with E-state index >= 15 is 0 Å². The molecule has 0 aliphatic heterocycles. The Labute approximate surface area is 104 Å². The van der Waals surface area contributed by atoms with Crippen molar-refractivity contribution >= 4 is 17.5 Å². The van der Waals surface area contributed by atoms with Gasteiger partial charge in [0.2, 0.25) is 0 Å². The Morgan fingerprint density at radius 3 is 2.44 bits per heavy atom. The highest BCUT2D eigenvalue weighted by molar-refractivity contribution is 8.01. The van der Waals surface area contributed by atoms with E-state index in [1.54, 1.807) is 0 Å². The molecule has 0 spiro atoms. The predicted octanol–water partition coefficient (Wildman–Crippen LogP) is 4.08. The minimum absolute atomic E-state index is 0.208.